The summed E-state index contributed by atoms with van der Waals surface area (Å²) in [5.41, 5.74) is 4.34. The predicted molar refractivity (Wildman–Crippen MR) is 136 cm³/mol. The van der Waals surface area contributed by atoms with E-state index in [4.69, 9.17) is 30.5 Å². The average Bonchev–Trinajstić information content (AvgIpc) is 2.90. The van der Waals surface area contributed by atoms with Crippen molar-refractivity contribution >= 4 is 29.6 Å². The van der Waals surface area contributed by atoms with Crippen LogP contribution in [-0.4, -0.2) is 45.9 Å². The first-order chi connectivity index (χ1) is 17.4. The van der Waals surface area contributed by atoms with Crippen LogP contribution in [0.1, 0.15) is 21.5 Å². The molecule has 2 amide bonds. The number of hydrogen-bond donors (Lipinski definition) is 2. The molecule has 0 fully saturated rings. The van der Waals surface area contributed by atoms with Crippen molar-refractivity contribution in [1.82, 2.24) is 10.7 Å². The first-order valence-corrected chi connectivity index (χ1v) is 11.2. The number of rotatable bonds is 11. The Morgan fingerprint density at radius 2 is 1.64 bits per heavy atom. The number of amides is 2. The molecule has 3 aromatic rings. The fourth-order valence-corrected chi connectivity index (χ4v) is 3.25. The maximum atomic E-state index is 12.5. The fourth-order valence-electron chi connectivity index (χ4n) is 3.13. The first-order valence-electron chi connectivity index (χ1n) is 10.8. The molecule has 9 nitrogen and oxygen atoms in total. The Morgan fingerprint density at radius 1 is 0.944 bits per heavy atom. The van der Waals surface area contributed by atoms with E-state index in [1.165, 1.54) is 39.7 Å². The Balaban J connectivity index is 1.50. The molecule has 0 saturated carbocycles. The van der Waals surface area contributed by atoms with E-state index in [0.29, 0.717) is 34.6 Å². The summed E-state index contributed by atoms with van der Waals surface area (Å²) in [6.45, 7) is 0.108. The highest BCUT2D eigenvalue weighted by Crippen LogP contribution is 2.38. The summed E-state index contributed by atoms with van der Waals surface area (Å²) in [5, 5.41) is 7.13. The zero-order valence-corrected chi connectivity index (χ0v) is 20.8. The molecule has 0 unspecified atom stereocenters. The van der Waals surface area contributed by atoms with E-state index >= 15 is 0 Å². The molecule has 3 aromatic carbocycles. The lowest BCUT2D eigenvalue weighted by molar-refractivity contribution is -0.120. The van der Waals surface area contributed by atoms with E-state index in [9.17, 15) is 9.59 Å². The van der Waals surface area contributed by atoms with Gasteiger partial charge in [0.1, 0.15) is 12.4 Å². The molecule has 36 heavy (non-hydrogen) atoms. The summed E-state index contributed by atoms with van der Waals surface area (Å²) >= 11 is 5.90. The number of halogens is 1. The van der Waals surface area contributed by atoms with Crippen LogP contribution in [0.2, 0.25) is 5.02 Å². The lowest BCUT2D eigenvalue weighted by Crippen LogP contribution is -2.34. The number of nitrogens with one attached hydrogen (secondary N) is 2. The number of carbonyl (C=O) groups is 2. The minimum Gasteiger partial charge on any atom is -0.493 e. The molecule has 0 atom stereocenters. The third-order valence-corrected chi connectivity index (χ3v) is 5.17. The minimum absolute atomic E-state index is 0.246. The van der Waals surface area contributed by atoms with Gasteiger partial charge in [0.25, 0.3) is 11.8 Å². The Morgan fingerprint density at radius 3 is 2.28 bits per heavy atom. The fraction of sp³-hybridized carbons (Fsp3) is 0.192. The molecule has 2 N–H and O–H groups in total. The second kappa shape index (κ2) is 13.0. The molecular formula is C26H26ClN3O6. The number of ether oxygens (including phenoxy) is 4. The highest BCUT2D eigenvalue weighted by molar-refractivity contribution is 6.30. The minimum atomic E-state index is -0.498. The zero-order valence-electron chi connectivity index (χ0n) is 20.0. The lowest BCUT2D eigenvalue weighted by atomic mass is 10.1. The summed E-state index contributed by atoms with van der Waals surface area (Å²) < 4.78 is 21.5. The smallest absolute Gasteiger partial charge is 0.259 e. The molecule has 0 bridgehead atoms. The Kier molecular flexibility index (Phi) is 9.53. The topological polar surface area (TPSA) is 107 Å². The van der Waals surface area contributed by atoms with Crippen LogP contribution >= 0.6 is 11.6 Å². The number of nitrogens with zero attached hydrogens (tertiary/aromatic N) is 1. The molecular weight excluding hydrogens is 486 g/mol. The highest BCUT2D eigenvalue weighted by Gasteiger charge is 2.17. The van der Waals surface area contributed by atoms with Crippen molar-refractivity contribution in [3.63, 3.8) is 0 Å². The molecule has 0 saturated heterocycles. The van der Waals surface area contributed by atoms with Gasteiger partial charge in [-0.05, 0) is 47.5 Å². The Hall–Kier alpha value is -4.24. The third kappa shape index (κ3) is 7.38. The van der Waals surface area contributed by atoms with Gasteiger partial charge in [-0.25, -0.2) is 5.43 Å². The zero-order chi connectivity index (χ0) is 25.9. The van der Waals surface area contributed by atoms with Crippen molar-refractivity contribution in [3.05, 3.63) is 82.4 Å². The summed E-state index contributed by atoms with van der Waals surface area (Å²) in [6.07, 6.45) is 1.48. The maximum Gasteiger partial charge on any atom is 0.259 e. The molecule has 0 heterocycles. The second-order valence-electron chi connectivity index (χ2n) is 7.38. The van der Waals surface area contributed by atoms with Crippen molar-refractivity contribution in [2.45, 2.75) is 6.61 Å². The third-order valence-electron chi connectivity index (χ3n) is 4.92. The SMILES string of the molecule is COc1cc(C(=O)NCC(=O)N/N=C/c2cccc(OCc3ccc(Cl)cc3)c2)cc(OC)c1OC. The van der Waals surface area contributed by atoms with E-state index in [1.807, 2.05) is 30.3 Å². The second-order valence-corrected chi connectivity index (χ2v) is 7.81. The molecule has 3 rings (SSSR count). The van der Waals surface area contributed by atoms with Gasteiger partial charge in [0, 0.05) is 10.6 Å². The van der Waals surface area contributed by atoms with E-state index in [-0.39, 0.29) is 12.1 Å². The Labute approximate surface area is 214 Å². The van der Waals surface area contributed by atoms with Gasteiger partial charge in [-0.2, -0.15) is 5.10 Å². The average molecular weight is 512 g/mol. The van der Waals surface area contributed by atoms with Crippen LogP contribution in [0.5, 0.6) is 23.0 Å². The lowest BCUT2D eigenvalue weighted by Gasteiger charge is -2.14. The number of methoxy groups -OCH3 is 3. The van der Waals surface area contributed by atoms with E-state index < -0.39 is 11.8 Å². The van der Waals surface area contributed by atoms with Crippen LogP contribution < -0.4 is 29.7 Å². The van der Waals surface area contributed by atoms with Crippen LogP contribution in [0.15, 0.2) is 65.8 Å². The van der Waals surface area contributed by atoms with Crippen LogP contribution in [-0.2, 0) is 11.4 Å². The summed E-state index contributed by atoms with van der Waals surface area (Å²) in [6, 6.07) is 17.6. The monoisotopic (exact) mass is 511 g/mol. The summed E-state index contributed by atoms with van der Waals surface area (Å²) in [5.74, 6) is 0.688. The Bertz CT molecular complexity index is 1210. The number of carbonyl (C=O) groups excluding carboxylic acids is 2. The van der Waals surface area contributed by atoms with Gasteiger partial charge in [0.2, 0.25) is 5.75 Å². The van der Waals surface area contributed by atoms with Crippen LogP contribution in [0.4, 0.5) is 0 Å². The van der Waals surface area contributed by atoms with Crippen molar-refractivity contribution in [2.24, 2.45) is 5.10 Å². The molecule has 0 aliphatic heterocycles. The van der Waals surface area contributed by atoms with Crippen LogP contribution in [0, 0.1) is 0 Å². The van der Waals surface area contributed by atoms with Crippen LogP contribution in [0.3, 0.4) is 0 Å². The van der Waals surface area contributed by atoms with Crippen LogP contribution in [0.25, 0.3) is 0 Å². The molecule has 188 valence electrons. The summed E-state index contributed by atoms with van der Waals surface area (Å²) in [7, 11) is 4.37. The number of benzene rings is 3. The maximum absolute atomic E-state index is 12.5. The predicted octanol–water partition coefficient (Wildman–Crippen LogP) is 3.82. The highest BCUT2D eigenvalue weighted by atomic mass is 35.5. The van der Waals surface area contributed by atoms with Crippen molar-refractivity contribution < 1.29 is 28.5 Å². The van der Waals surface area contributed by atoms with Gasteiger partial charge >= 0.3 is 0 Å². The molecule has 0 radical (unpaired) electrons. The molecule has 0 aliphatic carbocycles. The van der Waals surface area contributed by atoms with Crippen molar-refractivity contribution in [1.29, 1.82) is 0 Å². The van der Waals surface area contributed by atoms with Gasteiger partial charge in [-0.3, -0.25) is 9.59 Å². The van der Waals surface area contributed by atoms with Gasteiger partial charge in [-0.1, -0.05) is 35.9 Å². The largest absolute Gasteiger partial charge is 0.493 e. The first kappa shape index (κ1) is 26.4. The molecule has 0 aromatic heterocycles. The molecule has 0 spiro atoms. The van der Waals surface area contributed by atoms with Crippen molar-refractivity contribution in [3.8, 4) is 23.0 Å². The quantitative estimate of drug-likeness (QED) is 0.299. The summed E-state index contributed by atoms with van der Waals surface area (Å²) in [4.78, 5) is 24.6. The number of hydrogen-bond acceptors (Lipinski definition) is 7. The van der Waals surface area contributed by atoms with E-state index in [0.717, 1.165) is 11.1 Å². The molecule has 10 heteroatoms. The standard InChI is InChI=1S/C26H26ClN3O6/c1-33-22-12-19(13-23(34-2)25(22)35-3)26(32)28-15-24(31)30-29-14-18-5-4-6-21(11-18)36-16-17-7-9-20(27)10-8-17/h4-14H,15-16H2,1-3H3,(H,28,32)(H,30,31)/b29-14+. The van der Waals surface area contributed by atoms with Gasteiger partial charge < -0.3 is 24.3 Å². The van der Waals surface area contributed by atoms with Gasteiger partial charge in [-0.15, -0.1) is 0 Å². The molecule has 0 aliphatic rings. The van der Waals surface area contributed by atoms with Crippen molar-refractivity contribution in [2.75, 3.05) is 27.9 Å². The number of hydrazone groups is 1. The van der Waals surface area contributed by atoms with E-state index in [1.54, 1.807) is 18.2 Å². The van der Waals surface area contributed by atoms with E-state index in [2.05, 4.69) is 15.8 Å². The normalized spacial score (nSPS) is 10.6. The van der Waals surface area contributed by atoms with Gasteiger partial charge in [0.15, 0.2) is 11.5 Å². The van der Waals surface area contributed by atoms with Gasteiger partial charge in [0.05, 0.1) is 34.1 Å².